The number of Topliss-reactive ketones (excluding diaryl/α,β-unsaturated/α-hetero) is 1. The number of carbonyl (C=O) groups excluding carboxylic acids is 1. The predicted octanol–water partition coefficient (Wildman–Crippen LogP) is 3.62. The summed E-state index contributed by atoms with van der Waals surface area (Å²) in [6.07, 6.45) is 1.10. The second-order valence-corrected chi connectivity index (χ2v) is 5.13. The number of carbonyl (C=O) groups is 1. The maximum atomic E-state index is 11.7. The second kappa shape index (κ2) is 6.04. The number of rotatable bonds is 5. The first-order valence-corrected chi connectivity index (χ1v) is 6.16. The minimum absolute atomic E-state index is 0.268. The molecule has 0 radical (unpaired) electrons. The summed E-state index contributed by atoms with van der Waals surface area (Å²) in [5.41, 5.74) is 0.991. The molecular formula is C13H17BrO2. The van der Waals surface area contributed by atoms with Gasteiger partial charge in [-0.1, -0.05) is 29.8 Å². The lowest BCUT2D eigenvalue weighted by atomic mass is 10.0. The molecule has 0 aliphatic rings. The average Bonchev–Trinajstić information content (AvgIpc) is 2.20. The molecule has 0 unspecified atom stereocenters. The van der Waals surface area contributed by atoms with E-state index in [1.54, 1.807) is 7.11 Å². The molecule has 1 aromatic rings. The molecule has 0 aromatic heterocycles. The largest absolute Gasteiger partial charge is 0.497 e. The van der Waals surface area contributed by atoms with Crippen LogP contribution < -0.4 is 4.74 Å². The lowest BCUT2D eigenvalue weighted by Crippen LogP contribution is -2.06. The van der Waals surface area contributed by atoms with Crippen LogP contribution in [0.25, 0.3) is 0 Å². The minimum Gasteiger partial charge on any atom is -0.497 e. The van der Waals surface area contributed by atoms with Crippen molar-refractivity contribution in [2.75, 3.05) is 7.11 Å². The van der Waals surface area contributed by atoms with Gasteiger partial charge in [-0.3, -0.25) is 4.79 Å². The van der Waals surface area contributed by atoms with Crippen LogP contribution in [0, 0.1) is 5.92 Å². The van der Waals surface area contributed by atoms with E-state index in [2.05, 4.69) is 29.8 Å². The molecule has 0 fully saturated rings. The van der Waals surface area contributed by atoms with Crippen molar-refractivity contribution in [1.29, 1.82) is 0 Å². The van der Waals surface area contributed by atoms with Crippen LogP contribution in [-0.4, -0.2) is 12.9 Å². The molecule has 1 aromatic carbocycles. The van der Waals surface area contributed by atoms with E-state index in [4.69, 9.17) is 4.74 Å². The summed E-state index contributed by atoms with van der Waals surface area (Å²) >= 11 is 3.45. The van der Waals surface area contributed by atoms with Gasteiger partial charge in [-0.15, -0.1) is 0 Å². The van der Waals surface area contributed by atoms with E-state index < -0.39 is 0 Å². The molecule has 0 aliphatic heterocycles. The molecule has 0 saturated carbocycles. The standard InChI is InChI=1S/C13H17BrO2/c1-9(2)6-11(15)7-10-8-12(16-3)4-5-13(10)14/h4-5,8-9H,6-7H2,1-3H3. The predicted molar refractivity (Wildman–Crippen MR) is 68.9 cm³/mol. The molecule has 0 spiro atoms. The van der Waals surface area contributed by atoms with Crippen LogP contribution in [0.5, 0.6) is 5.75 Å². The first-order valence-electron chi connectivity index (χ1n) is 5.37. The van der Waals surface area contributed by atoms with E-state index in [0.717, 1.165) is 15.8 Å². The Labute approximate surface area is 105 Å². The van der Waals surface area contributed by atoms with Crippen LogP contribution in [0.4, 0.5) is 0 Å². The van der Waals surface area contributed by atoms with Gasteiger partial charge in [-0.2, -0.15) is 0 Å². The second-order valence-electron chi connectivity index (χ2n) is 4.27. The number of hydrogen-bond acceptors (Lipinski definition) is 2. The summed E-state index contributed by atoms with van der Waals surface area (Å²) in [4.78, 5) is 11.7. The number of hydrogen-bond donors (Lipinski definition) is 0. The quantitative estimate of drug-likeness (QED) is 0.826. The van der Waals surface area contributed by atoms with Crippen molar-refractivity contribution in [1.82, 2.24) is 0 Å². The van der Waals surface area contributed by atoms with E-state index in [0.29, 0.717) is 18.8 Å². The molecule has 88 valence electrons. The summed E-state index contributed by atoms with van der Waals surface area (Å²) in [5, 5.41) is 0. The molecule has 3 heteroatoms. The zero-order valence-electron chi connectivity index (χ0n) is 9.92. The summed E-state index contributed by atoms with van der Waals surface area (Å²) in [6, 6.07) is 5.69. The summed E-state index contributed by atoms with van der Waals surface area (Å²) < 4.78 is 6.10. The third kappa shape index (κ3) is 3.97. The normalized spacial score (nSPS) is 10.6. The smallest absolute Gasteiger partial charge is 0.137 e. The highest BCUT2D eigenvalue weighted by Crippen LogP contribution is 2.23. The van der Waals surface area contributed by atoms with Crippen molar-refractivity contribution < 1.29 is 9.53 Å². The van der Waals surface area contributed by atoms with Gasteiger partial charge >= 0.3 is 0 Å². The van der Waals surface area contributed by atoms with E-state index >= 15 is 0 Å². The number of benzene rings is 1. The third-order valence-corrected chi connectivity index (χ3v) is 3.05. The Morgan fingerprint density at radius 2 is 2.12 bits per heavy atom. The van der Waals surface area contributed by atoms with Crippen molar-refractivity contribution in [3.63, 3.8) is 0 Å². The maximum Gasteiger partial charge on any atom is 0.137 e. The number of halogens is 1. The molecule has 0 heterocycles. The highest BCUT2D eigenvalue weighted by Gasteiger charge is 2.09. The summed E-state index contributed by atoms with van der Waals surface area (Å²) in [5.74, 6) is 1.47. The van der Waals surface area contributed by atoms with Crippen LogP contribution in [0.2, 0.25) is 0 Å². The van der Waals surface area contributed by atoms with E-state index in [9.17, 15) is 4.79 Å². The highest BCUT2D eigenvalue weighted by molar-refractivity contribution is 9.10. The first-order chi connectivity index (χ1) is 7.52. The monoisotopic (exact) mass is 284 g/mol. The summed E-state index contributed by atoms with van der Waals surface area (Å²) in [7, 11) is 1.63. The molecule has 0 N–H and O–H groups in total. The SMILES string of the molecule is COc1ccc(Br)c(CC(=O)CC(C)C)c1. The summed E-state index contributed by atoms with van der Waals surface area (Å²) in [6.45, 7) is 4.11. The molecule has 0 bridgehead atoms. The van der Waals surface area contributed by atoms with Gasteiger partial charge < -0.3 is 4.74 Å². The molecule has 16 heavy (non-hydrogen) atoms. The number of ketones is 1. The fourth-order valence-corrected chi connectivity index (χ4v) is 1.94. The van der Waals surface area contributed by atoms with Crippen molar-refractivity contribution in [3.05, 3.63) is 28.2 Å². The fraction of sp³-hybridized carbons (Fsp3) is 0.462. The van der Waals surface area contributed by atoms with Crippen LogP contribution in [0.15, 0.2) is 22.7 Å². The van der Waals surface area contributed by atoms with E-state index in [1.807, 2.05) is 18.2 Å². The third-order valence-electron chi connectivity index (χ3n) is 2.28. The molecule has 0 amide bonds. The van der Waals surface area contributed by atoms with Gasteiger partial charge in [-0.05, 0) is 29.7 Å². The Hall–Kier alpha value is -0.830. The minimum atomic E-state index is 0.268. The topological polar surface area (TPSA) is 26.3 Å². The Bertz CT molecular complexity index is 372. The average molecular weight is 285 g/mol. The Balaban J connectivity index is 2.75. The highest BCUT2D eigenvalue weighted by atomic mass is 79.9. The Kier molecular flexibility index (Phi) is 5.00. The Morgan fingerprint density at radius 3 is 2.69 bits per heavy atom. The van der Waals surface area contributed by atoms with Crippen molar-refractivity contribution in [2.24, 2.45) is 5.92 Å². The lowest BCUT2D eigenvalue weighted by Gasteiger charge is -2.08. The fourth-order valence-electron chi connectivity index (χ4n) is 1.55. The number of ether oxygens (including phenoxy) is 1. The van der Waals surface area contributed by atoms with Crippen molar-refractivity contribution >= 4 is 21.7 Å². The van der Waals surface area contributed by atoms with Gasteiger partial charge in [0.05, 0.1) is 7.11 Å². The van der Waals surface area contributed by atoms with Crippen LogP contribution in [-0.2, 0) is 11.2 Å². The van der Waals surface area contributed by atoms with Gasteiger partial charge in [0, 0.05) is 17.3 Å². The van der Waals surface area contributed by atoms with Gasteiger partial charge in [0.1, 0.15) is 11.5 Å². The van der Waals surface area contributed by atoms with Crippen LogP contribution in [0.1, 0.15) is 25.8 Å². The number of methoxy groups -OCH3 is 1. The Morgan fingerprint density at radius 1 is 1.44 bits per heavy atom. The molecule has 0 atom stereocenters. The zero-order valence-corrected chi connectivity index (χ0v) is 11.5. The molecular weight excluding hydrogens is 268 g/mol. The molecule has 1 rings (SSSR count). The molecule has 0 aliphatic carbocycles. The zero-order chi connectivity index (χ0) is 12.1. The van der Waals surface area contributed by atoms with E-state index in [1.165, 1.54) is 0 Å². The van der Waals surface area contributed by atoms with Gasteiger partial charge in [0.15, 0.2) is 0 Å². The van der Waals surface area contributed by atoms with Crippen LogP contribution in [0.3, 0.4) is 0 Å². The maximum absolute atomic E-state index is 11.7. The van der Waals surface area contributed by atoms with Gasteiger partial charge in [0.25, 0.3) is 0 Å². The lowest BCUT2D eigenvalue weighted by molar-refractivity contribution is -0.119. The van der Waals surface area contributed by atoms with E-state index in [-0.39, 0.29) is 5.78 Å². The first kappa shape index (κ1) is 13.2. The van der Waals surface area contributed by atoms with Gasteiger partial charge in [0.2, 0.25) is 0 Å². The van der Waals surface area contributed by atoms with Crippen molar-refractivity contribution in [2.45, 2.75) is 26.7 Å². The molecule has 0 saturated heterocycles. The van der Waals surface area contributed by atoms with Gasteiger partial charge in [-0.25, -0.2) is 0 Å². The van der Waals surface area contributed by atoms with Crippen molar-refractivity contribution in [3.8, 4) is 5.75 Å². The van der Waals surface area contributed by atoms with Crippen LogP contribution >= 0.6 is 15.9 Å². The molecule has 2 nitrogen and oxygen atoms in total.